The number of carbonyl (C=O) groups is 1. The molecule has 0 fully saturated rings. The molecule has 0 unspecified atom stereocenters. The van der Waals surface area contributed by atoms with Crippen molar-refractivity contribution < 1.29 is 13.9 Å². The number of hydrogen-bond donors (Lipinski definition) is 0. The number of rotatable bonds is 2. The van der Waals surface area contributed by atoms with Crippen LogP contribution in [0.25, 0.3) is 0 Å². The quantitative estimate of drug-likeness (QED) is 0.745. The van der Waals surface area contributed by atoms with Gasteiger partial charge in [0.2, 0.25) is 0 Å². The van der Waals surface area contributed by atoms with Crippen LogP contribution in [0.3, 0.4) is 0 Å². The fourth-order valence-electron chi connectivity index (χ4n) is 2.60. The summed E-state index contributed by atoms with van der Waals surface area (Å²) in [7, 11) is 0. The van der Waals surface area contributed by atoms with Crippen LogP contribution in [0.4, 0.5) is 4.39 Å². The number of hydrogen-bond acceptors (Lipinski definition) is 2. The first-order valence-electron chi connectivity index (χ1n) is 6.67. The molecule has 0 saturated carbocycles. The zero-order valence-electron chi connectivity index (χ0n) is 11.7. The van der Waals surface area contributed by atoms with E-state index in [0.717, 1.165) is 17.7 Å². The van der Waals surface area contributed by atoms with Gasteiger partial charge in [0.05, 0.1) is 0 Å². The lowest BCUT2D eigenvalue weighted by Crippen LogP contribution is -2.24. The standard InChI is InChI=1S/C17H14BrFO2/c1-17(2)9-12-5-10(3-4-15(12)21-17)16(20)11-6-13(18)8-14(19)7-11/h3-8H,9H2,1-2H3. The van der Waals surface area contributed by atoms with Crippen LogP contribution in [0.2, 0.25) is 0 Å². The van der Waals surface area contributed by atoms with E-state index in [-0.39, 0.29) is 11.4 Å². The Bertz CT molecular complexity index is 717. The first kappa shape index (κ1) is 14.3. The van der Waals surface area contributed by atoms with Crippen LogP contribution < -0.4 is 4.74 Å². The number of halogens is 2. The molecule has 0 saturated heterocycles. The minimum absolute atomic E-state index is 0.192. The Morgan fingerprint density at radius 3 is 2.67 bits per heavy atom. The van der Waals surface area contributed by atoms with Crippen molar-refractivity contribution in [1.82, 2.24) is 0 Å². The number of ketones is 1. The summed E-state index contributed by atoms with van der Waals surface area (Å²) in [6, 6.07) is 9.58. The molecular formula is C17H14BrFO2. The molecule has 0 radical (unpaired) electrons. The molecule has 0 atom stereocenters. The largest absolute Gasteiger partial charge is 0.487 e. The van der Waals surface area contributed by atoms with E-state index in [1.54, 1.807) is 12.1 Å². The number of benzene rings is 2. The lowest BCUT2D eigenvalue weighted by Gasteiger charge is -2.16. The molecule has 0 bridgehead atoms. The van der Waals surface area contributed by atoms with Crippen LogP contribution in [-0.4, -0.2) is 11.4 Å². The molecule has 1 heterocycles. The van der Waals surface area contributed by atoms with Crippen LogP contribution in [-0.2, 0) is 6.42 Å². The van der Waals surface area contributed by atoms with Gasteiger partial charge in [0, 0.05) is 22.0 Å². The summed E-state index contributed by atoms with van der Waals surface area (Å²) >= 11 is 3.21. The van der Waals surface area contributed by atoms with Crippen molar-refractivity contribution in [3.63, 3.8) is 0 Å². The van der Waals surface area contributed by atoms with E-state index in [9.17, 15) is 9.18 Å². The highest BCUT2D eigenvalue weighted by atomic mass is 79.9. The maximum Gasteiger partial charge on any atom is 0.193 e. The van der Waals surface area contributed by atoms with Crippen LogP contribution >= 0.6 is 15.9 Å². The Morgan fingerprint density at radius 2 is 1.95 bits per heavy atom. The molecule has 4 heteroatoms. The fraction of sp³-hybridized carbons (Fsp3) is 0.235. The van der Waals surface area contributed by atoms with E-state index in [1.165, 1.54) is 12.1 Å². The predicted molar refractivity (Wildman–Crippen MR) is 82.4 cm³/mol. The zero-order valence-corrected chi connectivity index (χ0v) is 13.3. The van der Waals surface area contributed by atoms with Crippen molar-refractivity contribution in [3.8, 4) is 5.75 Å². The van der Waals surface area contributed by atoms with Gasteiger partial charge >= 0.3 is 0 Å². The Hall–Kier alpha value is -1.68. The monoisotopic (exact) mass is 348 g/mol. The molecule has 2 nitrogen and oxygen atoms in total. The van der Waals surface area contributed by atoms with Gasteiger partial charge in [-0.2, -0.15) is 0 Å². The van der Waals surface area contributed by atoms with Crippen molar-refractivity contribution in [1.29, 1.82) is 0 Å². The number of carbonyl (C=O) groups excluding carboxylic acids is 1. The van der Waals surface area contributed by atoms with E-state index in [2.05, 4.69) is 15.9 Å². The van der Waals surface area contributed by atoms with Gasteiger partial charge in [-0.15, -0.1) is 0 Å². The molecule has 108 valence electrons. The first-order chi connectivity index (χ1) is 9.84. The van der Waals surface area contributed by atoms with Crippen LogP contribution in [0.15, 0.2) is 40.9 Å². The van der Waals surface area contributed by atoms with Gasteiger partial charge in [-0.3, -0.25) is 4.79 Å². The first-order valence-corrected chi connectivity index (χ1v) is 7.46. The van der Waals surface area contributed by atoms with Crippen molar-refractivity contribution in [2.75, 3.05) is 0 Å². The minimum Gasteiger partial charge on any atom is -0.487 e. The molecule has 0 N–H and O–H groups in total. The smallest absolute Gasteiger partial charge is 0.193 e. The predicted octanol–water partition coefficient (Wildman–Crippen LogP) is 4.53. The Labute approximate surface area is 131 Å². The molecule has 0 spiro atoms. The number of ether oxygens (including phenoxy) is 1. The van der Waals surface area contributed by atoms with Crippen molar-refractivity contribution in [3.05, 3.63) is 63.4 Å². The van der Waals surface area contributed by atoms with Gasteiger partial charge in [-0.05, 0) is 55.8 Å². The molecule has 2 aromatic carbocycles. The average molecular weight is 349 g/mol. The molecule has 1 aliphatic heterocycles. The average Bonchev–Trinajstić information content (AvgIpc) is 2.69. The Kier molecular flexibility index (Phi) is 3.36. The van der Waals surface area contributed by atoms with Gasteiger partial charge < -0.3 is 4.74 Å². The minimum atomic E-state index is -0.432. The molecule has 0 amide bonds. The highest BCUT2D eigenvalue weighted by Crippen LogP contribution is 2.35. The fourth-order valence-corrected chi connectivity index (χ4v) is 3.07. The summed E-state index contributed by atoms with van der Waals surface area (Å²) in [6.45, 7) is 4.02. The van der Waals surface area contributed by atoms with Crippen molar-refractivity contribution >= 4 is 21.7 Å². The summed E-state index contributed by atoms with van der Waals surface area (Å²) in [6.07, 6.45) is 0.760. The second kappa shape index (κ2) is 4.95. The summed E-state index contributed by atoms with van der Waals surface area (Å²) in [5.74, 6) is 0.193. The van der Waals surface area contributed by atoms with E-state index >= 15 is 0 Å². The maximum atomic E-state index is 13.4. The third-order valence-electron chi connectivity index (χ3n) is 3.45. The van der Waals surface area contributed by atoms with Gasteiger partial charge in [0.1, 0.15) is 17.2 Å². The van der Waals surface area contributed by atoms with E-state index in [4.69, 9.17) is 4.74 Å². The number of fused-ring (bicyclic) bond motifs is 1. The molecule has 21 heavy (non-hydrogen) atoms. The molecule has 3 rings (SSSR count). The summed E-state index contributed by atoms with van der Waals surface area (Å²) in [5.41, 5.74) is 1.65. The van der Waals surface area contributed by atoms with Gasteiger partial charge in [0.15, 0.2) is 5.78 Å². The molecular weight excluding hydrogens is 335 g/mol. The topological polar surface area (TPSA) is 26.3 Å². The van der Waals surface area contributed by atoms with E-state index in [1.807, 2.05) is 26.0 Å². The molecule has 1 aliphatic rings. The van der Waals surface area contributed by atoms with Crippen molar-refractivity contribution in [2.45, 2.75) is 25.9 Å². The second-order valence-corrected chi connectivity index (χ2v) is 6.76. The molecule has 0 aliphatic carbocycles. The third kappa shape index (κ3) is 2.86. The summed E-state index contributed by atoms with van der Waals surface area (Å²) in [5, 5.41) is 0. The van der Waals surface area contributed by atoms with Gasteiger partial charge in [-0.25, -0.2) is 4.39 Å². The highest BCUT2D eigenvalue weighted by Gasteiger charge is 2.30. The SMILES string of the molecule is CC1(C)Cc2cc(C(=O)c3cc(F)cc(Br)c3)ccc2O1. The van der Waals surface area contributed by atoms with Gasteiger partial charge in [-0.1, -0.05) is 15.9 Å². The zero-order chi connectivity index (χ0) is 15.2. The van der Waals surface area contributed by atoms with E-state index < -0.39 is 5.82 Å². The van der Waals surface area contributed by atoms with E-state index in [0.29, 0.717) is 15.6 Å². The van der Waals surface area contributed by atoms with Crippen LogP contribution in [0.1, 0.15) is 35.3 Å². The second-order valence-electron chi connectivity index (χ2n) is 5.85. The summed E-state index contributed by atoms with van der Waals surface area (Å²) < 4.78 is 19.8. The Balaban J connectivity index is 1.97. The lowest BCUT2D eigenvalue weighted by molar-refractivity contribution is 0.103. The lowest BCUT2D eigenvalue weighted by atomic mass is 9.97. The van der Waals surface area contributed by atoms with Crippen LogP contribution in [0, 0.1) is 5.82 Å². The summed E-state index contributed by atoms with van der Waals surface area (Å²) in [4.78, 5) is 12.5. The van der Waals surface area contributed by atoms with Crippen LogP contribution in [0.5, 0.6) is 5.75 Å². The Morgan fingerprint density at radius 1 is 1.19 bits per heavy atom. The van der Waals surface area contributed by atoms with Crippen molar-refractivity contribution in [2.24, 2.45) is 0 Å². The third-order valence-corrected chi connectivity index (χ3v) is 3.91. The maximum absolute atomic E-state index is 13.4. The van der Waals surface area contributed by atoms with Gasteiger partial charge in [0.25, 0.3) is 0 Å². The normalized spacial score (nSPS) is 15.4. The highest BCUT2D eigenvalue weighted by molar-refractivity contribution is 9.10. The molecule has 0 aromatic heterocycles. The molecule has 2 aromatic rings.